The first-order valence-corrected chi connectivity index (χ1v) is 3.82. The van der Waals surface area contributed by atoms with E-state index in [-0.39, 0.29) is 11.4 Å². The van der Waals surface area contributed by atoms with Gasteiger partial charge in [0, 0.05) is 5.56 Å². The van der Waals surface area contributed by atoms with Crippen molar-refractivity contribution in [3.63, 3.8) is 0 Å². The Morgan fingerprint density at radius 1 is 1.54 bits per heavy atom. The lowest BCUT2D eigenvalue weighted by atomic mass is 10.2. The molecule has 0 aliphatic rings. The second kappa shape index (κ2) is 3.83. The Kier molecular flexibility index (Phi) is 2.98. The van der Waals surface area contributed by atoms with Gasteiger partial charge in [-0.15, -0.1) is 11.6 Å². The summed E-state index contributed by atoms with van der Waals surface area (Å²) in [5.41, 5.74) is -0.824. The largest absolute Gasteiger partial charge is 0.503 e. The molecule has 0 aliphatic carbocycles. The third-order valence-electron chi connectivity index (χ3n) is 1.42. The van der Waals surface area contributed by atoms with Crippen LogP contribution >= 0.6 is 11.6 Å². The number of halogens is 4. The fraction of sp³-hybridized carbons (Fsp3) is 0.286. The van der Waals surface area contributed by atoms with Crippen LogP contribution in [0.4, 0.5) is 13.2 Å². The first-order valence-electron chi connectivity index (χ1n) is 3.28. The molecule has 1 N–H and O–H groups in total. The number of pyridine rings is 1. The van der Waals surface area contributed by atoms with E-state index in [4.69, 9.17) is 16.7 Å². The number of aromatic hydroxyl groups is 1. The van der Waals surface area contributed by atoms with Gasteiger partial charge in [-0.3, -0.25) is 0 Å². The minimum absolute atomic E-state index is 0.0931. The number of rotatable bonds is 2. The van der Waals surface area contributed by atoms with Crippen LogP contribution in [0.5, 0.6) is 5.75 Å². The minimum Gasteiger partial charge on any atom is -0.503 e. The predicted molar refractivity (Wildman–Crippen MR) is 40.4 cm³/mol. The predicted octanol–water partition coefficient (Wildman–Crippen LogP) is 2.60. The van der Waals surface area contributed by atoms with Crippen LogP contribution in [0.25, 0.3) is 0 Å². The summed E-state index contributed by atoms with van der Waals surface area (Å²) in [5.74, 6) is -2.35. The normalized spacial score (nSPS) is 10.8. The summed E-state index contributed by atoms with van der Waals surface area (Å²) in [5, 5.41) is 8.94. The van der Waals surface area contributed by atoms with Crippen molar-refractivity contribution in [2.24, 2.45) is 0 Å². The van der Waals surface area contributed by atoms with E-state index in [0.29, 0.717) is 0 Å². The quantitative estimate of drug-likeness (QED) is 0.603. The Hall–Kier alpha value is -0.970. The zero-order valence-electron chi connectivity index (χ0n) is 6.27. The van der Waals surface area contributed by atoms with Crippen LogP contribution in [-0.4, -0.2) is 10.1 Å². The van der Waals surface area contributed by atoms with E-state index in [1.165, 1.54) is 0 Å². The van der Waals surface area contributed by atoms with Gasteiger partial charge in [0.1, 0.15) is 5.69 Å². The maximum absolute atomic E-state index is 12.6. The van der Waals surface area contributed by atoms with E-state index in [9.17, 15) is 13.2 Å². The van der Waals surface area contributed by atoms with E-state index in [1.807, 2.05) is 0 Å². The van der Waals surface area contributed by atoms with E-state index >= 15 is 0 Å². The summed E-state index contributed by atoms with van der Waals surface area (Å²) < 4.78 is 36.7. The van der Waals surface area contributed by atoms with Gasteiger partial charge in [0.05, 0.1) is 5.88 Å². The molecule has 0 radical (unpaired) electrons. The van der Waals surface area contributed by atoms with Gasteiger partial charge in [-0.1, -0.05) is 0 Å². The first-order chi connectivity index (χ1) is 6.06. The van der Waals surface area contributed by atoms with Crippen LogP contribution in [0.1, 0.15) is 17.7 Å². The molecule has 6 heteroatoms. The Labute approximate surface area is 77.0 Å². The van der Waals surface area contributed by atoms with Crippen LogP contribution in [-0.2, 0) is 5.88 Å². The molecule has 0 saturated carbocycles. The molecule has 0 fully saturated rings. The van der Waals surface area contributed by atoms with Gasteiger partial charge in [0.25, 0.3) is 12.4 Å². The zero-order chi connectivity index (χ0) is 10.0. The van der Waals surface area contributed by atoms with E-state index in [2.05, 4.69) is 4.98 Å². The molecular weight excluding hydrogens is 207 g/mol. The number of alkyl halides is 3. The van der Waals surface area contributed by atoms with Crippen molar-refractivity contribution >= 4 is 11.6 Å². The molecule has 1 aromatic rings. The molecule has 0 atom stereocenters. The Morgan fingerprint density at radius 2 is 2.15 bits per heavy atom. The van der Waals surface area contributed by atoms with E-state index in [0.717, 1.165) is 6.07 Å². The second-order valence-corrected chi connectivity index (χ2v) is 2.55. The summed E-state index contributed by atoms with van der Waals surface area (Å²) in [6.07, 6.45) is -2.88. The molecule has 1 aromatic heterocycles. The highest BCUT2D eigenvalue weighted by Crippen LogP contribution is 2.26. The number of nitrogens with zero attached hydrogens (tertiary/aromatic N) is 1. The zero-order valence-corrected chi connectivity index (χ0v) is 7.02. The van der Waals surface area contributed by atoms with Crippen molar-refractivity contribution in [2.75, 3.05) is 0 Å². The van der Waals surface area contributed by atoms with Crippen molar-refractivity contribution < 1.29 is 18.3 Å². The standard InChI is InChI=1S/C7H5ClF3NO/c8-2-3-1-4(6(9)10)12-7(11)5(3)13/h1,6,13H,2H2. The van der Waals surface area contributed by atoms with Gasteiger partial charge in [-0.05, 0) is 6.07 Å². The third kappa shape index (κ3) is 2.03. The first kappa shape index (κ1) is 10.1. The van der Waals surface area contributed by atoms with Crippen LogP contribution in [0.2, 0.25) is 0 Å². The molecule has 72 valence electrons. The maximum Gasteiger partial charge on any atom is 0.280 e. The summed E-state index contributed by atoms with van der Waals surface area (Å²) in [6.45, 7) is 0. The lowest BCUT2D eigenvalue weighted by Crippen LogP contribution is -1.97. The maximum atomic E-state index is 12.6. The smallest absolute Gasteiger partial charge is 0.280 e. The number of aromatic nitrogens is 1. The molecule has 0 unspecified atom stereocenters. The van der Waals surface area contributed by atoms with Crippen molar-refractivity contribution in [1.82, 2.24) is 4.98 Å². The average Bonchev–Trinajstić information content (AvgIpc) is 2.09. The molecule has 0 bridgehead atoms. The highest BCUT2D eigenvalue weighted by molar-refractivity contribution is 6.17. The van der Waals surface area contributed by atoms with Crippen LogP contribution in [0.3, 0.4) is 0 Å². The SMILES string of the molecule is Oc1c(CCl)cc(C(F)F)nc1F. The summed E-state index contributed by atoms with van der Waals surface area (Å²) in [4.78, 5) is 2.86. The van der Waals surface area contributed by atoms with Crippen molar-refractivity contribution in [1.29, 1.82) is 0 Å². The Balaban J connectivity index is 3.22. The van der Waals surface area contributed by atoms with Gasteiger partial charge in [0.15, 0.2) is 5.75 Å². The van der Waals surface area contributed by atoms with E-state index in [1.54, 1.807) is 0 Å². The molecule has 13 heavy (non-hydrogen) atoms. The average molecular weight is 212 g/mol. The molecule has 2 nitrogen and oxygen atoms in total. The highest BCUT2D eigenvalue weighted by atomic mass is 35.5. The highest BCUT2D eigenvalue weighted by Gasteiger charge is 2.16. The molecular formula is C7H5ClF3NO. The van der Waals surface area contributed by atoms with E-state index < -0.39 is 23.8 Å². The lowest BCUT2D eigenvalue weighted by Gasteiger charge is -2.04. The lowest BCUT2D eigenvalue weighted by molar-refractivity contribution is 0.144. The second-order valence-electron chi connectivity index (χ2n) is 2.28. The van der Waals surface area contributed by atoms with Gasteiger partial charge >= 0.3 is 0 Å². The monoisotopic (exact) mass is 211 g/mol. The van der Waals surface area contributed by atoms with Crippen molar-refractivity contribution in [2.45, 2.75) is 12.3 Å². The summed E-state index contributed by atoms with van der Waals surface area (Å²) in [7, 11) is 0. The van der Waals surface area contributed by atoms with Gasteiger partial charge in [-0.25, -0.2) is 13.8 Å². The molecule has 1 rings (SSSR count). The van der Waals surface area contributed by atoms with Gasteiger partial charge < -0.3 is 5.11 Å². The summed E-state index contributed by atoms with van der Waals surface area (Å²) >= 11 is 5.28. The van der Waals surface area contributed by atoms with Crippen molar-refractivity contribution in [3.8, 4) is 5.75 Å². The Morgan fingerprint density at radius 3 is 2.62 bits per heavy atom. The van der Waals surface area contributed by atoms with Crippen LogP contribution in [0.15, 0.2) is 6.07 Å². The fourth-order valence-corrected chi connectivity index (χ4v) is 0.995. The number of hydrogen-bond donors (Lipinski definition) is 1. The number of hydrogen-bond acceptors (Lipinski definition) is 2. The molecule has 0 saturated heterocycles. The molecule has 0 aromatic carbocycles. The third-order valence-corrected chi connectivity index (χ3v) is 1.70. The molecule has 0 aliphatic heterocycles. The van der Waals surface area contributed by atoms with Crippen LogP contribution in [0, 0.1) is 5.95 Å². The van der Waals surface area contributed by atoms with Crippen molar-refractivity contribution in [3.05, 3.63) is 23.3 Å². The molecule has 0 amide bonds. The van der Waals surface area contributed by atoms with Gasteiger partial charge in [0.2, 0.25) is 0 Å². The van der Waals surface area contributed by atoms with Gasteiger partial charge in [-0.2, -0.15) is 4.39 Å². The fourth-order valence-electron chi connectivity index (χ4n) is 0.792. The molecule has 0 spiro atoms. The molecule has 1 heterocycles. The minimum atomic E-state index is -2.88. The topological polar surface area (TPSA) is 33.1 Å². The summed E-state index contributed by atoms with van der Waals surface area (Å²) in [6, 6.07) is 0.871. The van der Waals surface area contributed by atoms with Crippen LogP contribution < -0.4 is 0 Å². The Bertz CT molecular complexity index is 319.